The molecule has 1 fully saturated rings. The van der Waals surface area contributed by atoms with Crippen LogP contribution in [0.1, 0.15) is 22.6 Å². The van der Waals surface area contributed by atoms with Gasteiger partial charge in [-0.15, -0.1) is 0 Å². The van der Waals surface area contributed by atoms with Crippen molar-refractivity contribution in [3.05, 3.63) is 70.3 Å². The van der Waals surface area contributed by atoms with Crippen molar-refractivity contribution in [1.82, 2.24) is 4.90 Å². The summed E-state index contributed by atoms with van der Waals surface area (Å²) in [4.78, 5) is 26.5. The molecule has 1 amide bonds. The molecule has 0 aromatic heterocycles. The number of amides is 1. The Bertz CT molecular complexity index is 928. The number of Topliss-reactive ketones (excluding diaryl/α,β-unsaturated/α-hetero) is 1. The van der Waals surface area contributed by atoms with E-state index in [1.54, 1.807) is 0 Å². The third-order valence-electron chi connectivity index (χ3n) is 5.01. The normalized spacial score (nSPS) is 19.6. The Morgan fingerprint density at radius 1 is 1.07 bits per heavy atom. The molecule has 2 atom stereocenters. The van der Waals surface area contributed by atoms with Gasteiger partial charge in [-0.3, -0.25) is 9.59 Å². The molecule has 142 valence electrons. The molecular formula is C20H17F4NO2. The highest BCUT2D eigenvalue weighted by Gasteiger charge is 2.45. The zero-order valence-electron chi connectivity index (χ0n) is 14.7. The molecule has 3 nitrogen and oxygen atoms in total. The predicted octanol–water partition coefficient (Wildman–Crippen LogP) is 3.54. The van der Waals surface area contributed by atoms with Crippen LogP contribution >= 0.6 is 0 Å². The number of carbonyl (C=O) groups excluding carboxylic acids is 2. The minimum absolute atomic E-state index is 0.0599. The third-order valence-corrected chi connectivity index (χ3v) is 5.01. The van der Waals surface area contributed by atoms with Gasteiger partial charge in [0.25, 0.3) is 0 Å². The Balaban J connectivity index is 1.96. The summed E-state index contributed by atoms with van der Waals surface area (Å²) in [5.41, 5.74) is -0.307. The number of halogens is 4. The monoisotopic (exact) mass is 379 g/mol. The number of rotatable bonds is 4. The zero-order valence-corrected chi connectivity index (χ0v) is 14.7. The molecular weight excluding hydrogens is 362 g/mol. The summed E-state index contributed by atoms with van der Waals surface area (Å²) in [5.74, 6) is -7.00. The van der Waals surface area contributed by atoms with Crippen LogP contribution in [0, 0.1) is 36.1 Å². The summed E-state index contributed by atoms with van der Waals surface area (Å²) >= 11 is 0. The molecule has 0 bridgehead atoms. The van der Waals surface area contributed by atoms with Gasteiger partial charge in [-0.05, 0) is 30.2 Å². The van der Waals surface area contributed by atoms with Crippen LogP contribution in [0.4, 0.5) is 17.6 Å². The van der Waals surface area contributed by atoms with Crippen LogP contribution in [0.5, 0.6) is 0 Å². The van der Waals surface area contributed by atoms with E-state index >= 15 is 0 Å². The number of ketones is 1. The summed E-state index contributed by atoms with van der Waals surface area (Å²) in [6.07, 6.45) is -0.494. The molecule has 0 saturated carbocycles. The summed E-state index contributed by atoms with van der Waals surface area (Å²) in [7, 11) is 1.47. The molecule has 1 aliphatic rings. The van der Waals surface area contributed by atoms with Crippen molar-refractivity contribution in [2.75, 3.05) is 13.6 Å². The molecule has 0 unspecified atom stereocenters. The molecule has 1 heterocycles. The number of carbonyl (C=O) groups is 2. The number of likely N-dealkylation sites (N-methyl/N-ethyl adjacent to an activating group) is 1. The van der Waals surface area contributed by atoms with Crippen LogP contribution in [0.15, 0.2) is 30.3 Å². The Labute approximate surface area is 153 Å². The fourth-order valence-corrected chi connectivity index (χ4v) is 3.49. The fraction of sp³-hybridized carbons (Fsp3) is 0.300. The van der Waals surface area contributed by atoms with Gasteiger partial charge in [0.15, 0.2) is 11.6 Å². The van der Waals surface area contributed by atoms with Crippen molar-refractivity contribution in [3.8, 4) is 0 Å². The van der Waals surface area contributed by atoms with E-state index < -0.39 is 53.2 Å². The topological polar surface area (TPSA) is 37.4 Å². The maximum atomic E-state index is 14.6. The second-order valence-electron chi connectivity index (χ2n) is 6.73. The Hall–Kier alpha value is -2.70. The summed E-state index contributed by atoms with van der Waals surface area (Å²) in [6, 6.07) is 5.76. The van der Waals surface area contributed by atoms with Crippen molar-refractivity contribution in [1.29, 1.82) is 0 Å². The van der Waals surface area contributed by atoms with Gasteiger partial charge in [-0.1, -0.05) is 18.2 Å². The van der Waals surface area contributed by atoms with Crippen LogP contribution in [0.2, 0.25) is 0 Å². The second kappa shape index (κ2) is 7.13. The number of likely N-dealkylation sites (tertiary alicyclic amines) is 1. The number of benzene rings is 2. The van der Waals surface area contributed by atoms with Crippen molar-refractivity contribution < 1.29 is 27.2 Å². The third kappa shape index (κ3) is 3.34. The minimum atomic E-state index is -1.24. The van der Waals surface area contributed by atoms with E-state index in [4.69, 9.17) is 0 Å². The first-order chi connectivity index (χ1) is 12.7. The SMILES string of the molecule is Cc1c(F)ccc([C@H]2CN(C)C(=O)[C@@H]2C(=O)Cc2cccc(F)c2F)c1F. The van der Waals surface area contributed by atoms with Crippen LogP contribution in [-0.2, 0) is 16.0 Å². The lowest BCUT2D eigenvalue weighted by molar-refractivity contribution is -0.136. The first-order valence-electron chi connectivity index (χ1n) is 8.37. The fourth-order valence-electron chi connectivity index (χ4n) is 3.49. The first-order valence-corrected chi connectivity index (χ1v) is 8.37. The number of nitrogens with zero attached hydrogens (tertiary/aromatic N) is 1. The number of hydrogen-bond donors (Lipinski definition) is 0. The molecule has 1 saturated heterocycles. The van der Waals surface area contributed by atoms with Gasteiger partial charge in [0, 0.05) is 31.5 Å². The highest BCUT2D eigenvalue weighted by atomic mass is 19.2. The highest BCUT2D eigenvalue weighted by Crippen LogP contribution is 2.37. The van der Waals surface area contributed by atoms with Gasteiger partial charge in [-0.25, -0.2) is 17.6 Å². The van der Waals surface area contributed by atoms with Gasteiger partial charge in [-0.2, -0.15) is 0 Å². The lowest BCUT2D eigenvalue weighted by atomic mass is 9.83. The molecule has 0 aliphatic carbocycles. The molecule has 1 aliphatic heterocycles. The van der Waals surface area contributed by atoms with Gasteiger partial charge < -0.3 is 4.90 Å². The van der Waals surface area contributed by atoms with Crippen molar-refractivity contribution >= 4 is 11.7 Å². The quantitative estimate of drug-likeness (QED) is 0.602. The van der Waals surface area contributed by atoms with E-state index in [9.17, 15) is 27.2 Å². The van der Waals surface area contributed by atoms with Gasteiger partial charge in [0.2, 0.25) is 5.91 Å². The average Bonchev–Trinajstić information content (AvgIpc) is 2.92. The Morgan fingerprint density at radius 3 is 2.48 bits per heavy atom. The summed E-state index contributed by atoms with van der Waals surface area (Å²) in [5, 5.41) is 0. The van der Waals surface area contributed by atoms with Gasteiger partial charge in [0.1, 0.15) is 23.3 Å². The van der Waals surface area contributed by atoms with E-state index in [-0.39, 0.29) is 23.2 Å². The molecule has 0 radical (unpaired) electrons. The van der Waals surface area contributed by atoms with Crippen LogP contribution < -0.4 is 0 Å². The number of hydrogen-bond acceptors (Lipinski definition) is 2. The lowest BCUT2D eigenvalue weighted by Gasteiger charge is -2.18. The Kier molecular flexibility index (Phi) is 5.04. The minimum Gasteiger partial charge on any atom is -0.344 e. The highest BCUT2D eigenvalue weighted by molar-refractivity contribution is 6.04. The molecule has 0 N–H and O–H groups in total. The molecule has 2 aromatic rings. The molecule has 27 heavy (non-hydrogen) atoms. The van der Waals surface area contributed by atoms with E-state index in [0.717, 1.165) is 12.1 Å². The first kappa shape index (κ1) is 19.1. The van der Waals surface area contributed by atoms with E-state index in [1.807, 2.05) is 0 Å². The predicted molar refractivity (Wildman–Crippen MR) is 90.0 cm³/mol. The molecule has 3 rings (SSSR count). The molecule has 7 heteroatoms. The van der Waals surface area contributed by atoms with Crippen molar-refractivity contribution in [2.24, 2.45) is 5.92 Å². The van der Waals surface area contributed by atoms with Crippen LogP contribution in [0.3, 0.4) is 0 Å². The van der Waals surface area contributed by atoms with E-state index in [0.29, 0.717) is 0 Å². The average molecular weight is 379 g/mol. The molecule has 0 spiro atoms. The van der Waals surface area contributed by atoms with E-state index in [1.165, 1.54) is 37.1 Å². The summed E-state index contributed by atoms with van der Waals surface area (Å²) < 4.78 is 55.4. The maximum absolute atomic E-state index is 14.6. The summed E-state index contributed by atoms with van der Waals surface area (Å²) in [6.45, 7) is 1.34. The van der Waals surface area contributed by atoms with Crippen molar-refractivity contribution in [3.63, 3.8) is 0 Å². The zero-order chi connectivity index (χ0) is 19.9. The maximum Gasteiger partial charge on any atom is 0.233 e. The lowest BCUT2D eigenvalue weighted by Crippen LogP contribution is -2.30. The van der Waals surface area contributed by atoms with Crippen molar-refractivity contribution in [2.45, 2.75) is 19.3 Å². The largest absolute Gasteiger partial charge is 0.344 e. The molecule has 2 aromatic carbocycles. The second-order valence-corrected chi connectivity index (χ2v) is 6.73. The van der Waals surface area contributed by atoms with Crippen LogP contribution in [-0.4, -0.2) is 30.2 Å². The Morgan fingerprint density at radius 2 is 1.78 bits per heavy atom. The smallest absolute Gasteiger partial charge is 0.233 e. The van der Waals surface area contributed by atoms with Gasteiger partial charge >= 0.3 is 0 Å². The van der Waals surface area contributed by atoms with Gasteiger partial charge in [0.05, 0.1) is 0 Å². The standard InChI is InChI=1S/C20H17F4NO2/c1-10-14(21)7-6-12(18(10)23)13-9-25(2)20(27)17(13)16(26)8-11-4-3-5-15(22)19(11)24/h3-7,13,17H,8-9H2,1-2H3/t13-,17+/m1/s1. The van der Waals surface area contributed by atoms with E-state index in [2.05, 4.69) is 0 Å². The van der Waals surface area contributed by atoms with Crippen LogP contribution in [0.25, 0.3) is 0 Å².